The first kappa shape index (κ1) is 18.1. The van der Waals surface area contributed by atoms with Crippen LogP contribution >= 0.6 is 11.3 Å². The third kappa shape index (κ3) is 3.33. The molecule has 3 heterocycles. The standard InChI is InChI=1S/C20H24O5S/c1-11-6-7-12(9-13(11)10-14-5-4-8-26-14)15(21)17-16(22)18-19(23-17)25-20(2,3)24-18/h4-9,15-19,21-22H,10H2,1-3H3/t15?,16-,17+,18+,19+/m1/s1. The quantitative estimate of drug-likeness (QED) is 0.859. The number of rotatable bonds is 4. The molecular weight excluding hydrogens is 352 g/mol. The van der Waals surface area contributed by atoms with Crippen molar-refractivity contribution in [3.63, 3.8) is 0 Å². The van der Waals surface area contributed by atoms with E-state index in [1.165, 1.54) is 10.4 Å². The summed E-state index contributed by atoms with van der Waals surface area (Å²) in [5.41, 5.74) is 3.06. The summed E-state index contributed by atoms with van der Waals surface area (Å²) < 4.78 is 17.1. The molecule has 6 heteroatoms. The zero-order chi connectivity index (χ0) is 18.5. The average Bonchev–Trinajstić information content (AvgIpc) is 3.26. The fourth-order valence-electron chi connectivity index (χ4n) is 3.63. The Balaban J connectivity index is 1.53. The molecule has 2 aliphatic rings. The van der Waals surface area contributed by atoms with Crippen LogP contribution in [0, 0.1) is 6.92 Å². The van der Waals surface area contributed by atoms with Gasteiger partial charge in [0.1, 0.15) is 24.4 Å². The van der Waals surface area contributed by atoms with Crippen LogP contribution < -0.4 is 0 Å². The SMILES string of the molecule is Cc1ccc(C(O)[C@@H]2O[C@H]3OC(C)(C)O[C@H]3[C@@H]2O)cc1Cc1cccs1. The molecule has 0 saturated carbocycles. The highest BCUT2D eigenvalue weighted by atomic mass is 32.1. The zero-order valence-corrected chi connectivity index (χ0v) is 15.9. The number of aliphatic hydroxyl groups excluding tert-OH is 2. The summed E-state index contributed by atoms with van der Waals surface area (Å²) in [4.78, 5) is 1.27. The van der Waals surface area contributed by atoms with Gasteiger partial charge >= 0.3 is 0 Å². The average molecular weight is 376 g/mol. The lowest BCUT2D eigenvalue weighted by atomic mass is 9.94. The van der Waals surface area contributed by atoms with Gasteiger partial charge in [-0.1, -0.05) is 24.3 Å². The van der Waals surface area contributed by atoms with Crippen molar-refractivity contribution in [2.24, 2.45) is 0 Å². The zero-order valence-electron chi connectivity index (χ0n) is 15.1. The summed E-state index contributed by atoms with van der Waals surface area (Å²) in [6.07, 6.45) is -3.09. The van der Waals surface area contributed by atoms with Gasteiger partial charge < -0.3 is 24.4 Å². The first-order valence-electron chi connectivity index (χ1n) is 8.83. The molecule has 2 saturated heterocycles. The van der Waals surface area contributed by atoms with Gasteiger partial charge in [0.2, 0.25) is 0 Å². The molecule has 2 fully saturated rings. The van der Waals surface area contributed by atoms with Gasteiger partial charge in [0.25, 0.3) is 0 Å². The maximum absolute atomic E-state index is 10.8. The molecule has 2 aliphatic heterocycles. The van der Waals surface area contributed by atoms with E-state index in [9.17, 15) is 10.2 Å². The lowest BCUT2D eigenvalue weighted by molar-refractivity contribution is -0.226. The number of ether oxygens (including phenoxy) is 3. The fourth-order valence-corrected chi connectivity index (χ4v) is 4.36. The highest BCUT2D eigenvalue weighted by Crippen LogP contribution is 2.41. The number of aliphatic hydroxyl groups is 2. The van der Waals surface area contributed by atoms with Crippen molar-refractivity contribution in [1.29, 1.82) is 0 Å². The molecule has 1 aromatic heterocycles. The second-order valence-electron chi connectivity index (χ2n) is 7.45. The molecule has 0 bridgehead atoms. The first-order valence-corrected chi connectivity index (χ1v) is 9.71. The minimum atomic E-state index is -0.950. The molecule has 0 aliphatic carbocycles. The molecule has 1 aromatic carbocycles. The summed E-state index contributed by atoms with van der Waals surface area (Å²) >= 11 is 1.72. The summed E-state index contributed by atoms with van der Waals surface area (Å²) in [6, 6.07) is 10.0. The predicted octanol–water partition coefficient (Wildman–Crippen LogP) is 2.92. The maximum atomic E-state index is 10.8. The highest BCUT2D eigenvalue weighted by molar-refractivity contribution is 7.09. The number of hydrogen-bond donors (Lipinski definition) is 2. The number of thiophene rings is 1. The lowest BCUT2D eigenvalue weighted by Gasteiger charge is -2.26. The number of fused-ring (bicyclic) bond motifs is 1. The monoisotopic (exact) mass is 376 g/mol. The molecule has 140 valence electrons. The first-order chi connectivity index (χ1) is 12.3. The molecular formula is C20H24O5S. The van der Waals surface area contributed by atoms with Crippen LogP contribution in [0.3, 0.4) is 0 Å². The molecule has 0 spiro atoms. The minimum absolute atomic E-state index is 0.583. The highest BCUT2D eigenvalue weighted by Gasteiger charge is 2.56. The van der Waals surface area contributed by atoms with Gasteiger partial charge in [-0.25, -0.2) is 0 Å². The number of hydrogen-bond acceptors (Lipinski definition) is 6. The molecule has 1 unspecified atom stereocenters. The Labute approximate surface area is 157 Å². The van der Waals surface area contributed by atoms with Gasteiger partial charge in [0.05, 0.1) is 0 Å². The van der Waals surface area contributed by atoms with E-state index in [4.69, 9.17) is 14.2 Å². The van der Waals surface area contributed by atoms with Crippen molar-refractivity contribution in [3.05, 3.63) is 57.3 Å². The van der Waals surface area contributed by atoms with Crippen molar-refractivity contribution in [1.82, 2.24) is 0 Å². The second-order valence-corrected chi connectivity index (χ2v) is 8.48. The van der Waals surface area contributed by atoms with E-state index >= 15 is 0 Å². The fraction of sp³-hybridized carbons (Fsp3) is 0.500. The van der Waals surface area contributed by atoms with Gasteiger partial charge in [-0.15, -0.1) is 11.3 Å². The second kappa shape index (κ2) is 6.71. The molecule has 0 amide bonds. The summed E-state index contributed by atoms with van der Waals surface area (Å²) in [6.45, 7) is 5.63. The van der Waals surface area contributed by atoms with Gasteiger partial charge in [0.15, 0.2) is 12.1 Å². The molecule has 26 heavy (non-hydrogen) atoms. The van der Waals surface area contributed by atoms with Crippen LogP contribution in [0.2, 0.25) is 0 Å². The Morgan fingerprint density at radius 2 is 2.04 bits per heavy atom. The number of aryl methyl sites for hydroxylation is 1. The van der Waals surface area contributed by atoms with Gasteiger partial charge in [0, 0.05) is 11.3 Å². The van der Waals surface area contributed by atoms with E-state index in [1.807, 2.05) is 24.3 Å². The third-order valence-corrected chi connectivity index (χ3v) is 5.90. The smallest absolute Gasteiger partial charge is 0.190 e. The summed E-state index contributed by atoms with van der Waals surface area (Å²) in [5, 5.41) is 23.5. The minimum Gasteiger partial charge on any atom is -0.387 e. The normalized spacial score (nSPS) is 31.1. The van der Waals surface area contributed by atoms with E-state index in [0.717, 1.165) is 17.5 Å². The van der Waals surface area contributed by atoms with E-state index < -0.39 is 36.5 Å². The summed E-state index contributed by atoms with van der Waals surface area (Å²) in [5.74, 6) is -0.788. The lowest BCUT2D eigenvalue weighted by Crippen LogP contribution is -2.37. The Morgan fingerprint density at radius 3 is 2.73 bits per heavy atom. The van der Waals surface area contributed by atoms with Gasteiger partial charge in [-0.2, -0.15) is 0 Å². The predicted molar refractivity (Wildman–Crippen MR) is 98.0 cm³/mol. The Bertz CT molecular complexity index is 773. The van der Waals surface area contributed by atoms with Crippen LogP contribution in [0.4, 0.5) is 0 Å². The van der Waals surface area contributed by atoms with Crippen molar-refractivity contribution < 1.29 is 24.4 Å². The Morgan fingerprint density at radius 1 is 1.23 bits per heavy atom. The molecule has 2 N–H and O–H groups in total. The van der Waals surface area contributed by atoms with E-state index in [2.05, 4.69) is 18.4 Å². The van der Waals surface area contributed by atoms with Crippen molar-refractivity contribution in [3.8, 4) is 0 Å². The van der Waals surface area contributed by atoms with E-state index in [0.29, 0.717) is 0 Å². The largest absolute Gasteiger partial charge is 0.387 e. The molecule has 5 atom stereocenters. The van der Waals surface area contributed by atoms with Crippen LogP contribution in [0.5, 0.6) is 0 Å². The van der Waals surface area contributed by atoms with E-state index in [-0.39, 0.29) is 0 Å². The molecule has 4 rings (SSSR count). The van der Waals surface area contributed by atoms with Crippen molar-refractivity contribution in [2.45, 2.75) is 63.7 Å². The van der Waals surface area contributed by atoms with Crippen LogP contribution in [0.1, 0.15) is 41.5 Å². The number of benzene rings is 1. The summed E-state index contributed by atoms with van der Waals surface area (Å²) in [7, 11) is 0. The Kier molecular flexibility index (Phi) is 4.67. The van der Waals surface area contributed by atoms with Crippen LogP contribution in [0.25, 0.3) is 0 Å². The van der Waals surface area contributed by atoms with Gasteiger partial charge in [-0.3, -0.25) is 0 Å². The molecule has 0 radical (unpaired) electrons. The Hall–Kier alpha value is -1.28. The van der Waals surface area contributed by atoms with Crippen molar-refractivity contribution >= 4 is 11.3 Å². The topological polar surface area (TPSA) is 68.2 Å². The molecule has 5 nitrogen and oxygen atoms in total. The van der Waals surface area contributed by atoms with Crippen LogP contribution in [-0.4, -0.2) is 40.6 Å². The third-order valence-electron chi connectivity index (χ3n) is 5.02. The van der Waals surface area contributed by atoms with Crippen molar-refractivity contribution in [2.75, 3.05) is 0 Å². The van der Waals surface area contributed by atoms with Crippen LogP contribution in [0.15, 0.2) is 35.7 Å². The maximum Gasteiger partial charge on any atom is 0.190 e. The molecule has 2 aromatic rings. The van der Waals surface area contributed by atoms with E-state index in [1.54, 1.807) is 25.2 Å². The van der Waals surface area contributed by atoms with Crippen LogP contribution in [-0.2, 0) is 20.6 Å². The van der Waals surface area contributed by atoms with Gasteiger partial charge in [-0.05, 0) is 48.9 Å².